The Morgan fingerprint density at radius 2 is 1.70 bits per heavy atom. The number of aromatic nitrogens is 5. The summed E-state index contributed by atoms with van der Waals surface area (Å²) >= 11 is 2.82. The molecule has 0 aliphatic heterocycles. The van der Waals surface area contributed by atoms with Gasteiger partial charge in [-0.2, -0.15) is 5.10 Å². The van der Waals surface area contributed by atoms with Crippen molar-refractivity contribution in [3.8, 4) is 21.7 Å². The maximum absolute atomic E-state index is 12.7. The van der Waals surface area contributed by atoms with Crippen molar-refractivity contribution in [3.63, 3.8) is 0 Å². The van der Waals surface area contributed by atoms with E-state index >= 15 is 0 Å². The summed E-state index contributed by atoms with van der Waals surface area (Å²) in [4.78, 5) is 26.9. The molecule has 2 aromatic carbocycles. The van der Waals surface area contributed by atoms with Crippen LogP contribution < -0.4 is 5.32 Å². The van der Waals surface area contributed by atoms with Crippen LogP contribution in [0.4, 0.5) is 5.13 Å². The average Bonchev–Trinajstić information content (AvgIpc) is 3.46. The molecule has 33 heavy (non-hydrogen) atoms. The van der Waals surface area contributed by atoms with Crippen molar-refractivity contribution in [1.29, 1.82) is 0 Å². The SMILES string of the molecule is Cc1ccc(-c2nc(NC(=O)CSc3ncnc4[nH]ncc34)sc2-c2ccc(C)cc2)cc1. The zero-order valence-electron chi connectivity index (χ0n) is 18.0. The van der Waals surface area contributed by atoms with E-state index in [-0.39, 0.29) is 11.7 Å². The minimum absolute atomic E-state index is 0.144. The number of thiazole rings is 1. The summed E-state index contributed by atoms with van der Waals surface area (Å²) < 4.78 is 0. The molecule has 5 aromatic rings. The molecule has 1 amide bonds. The number of H-pyrrole nitrogens is 1. The second kappa shape index (κ2) is 9.13. The Morgan fingerprint density at radius 1 is 1.00 bits per heavy atom. The molecule has 2 N–H and O–H groups in total. The number of hydrogen-bond acceptors (Lipinski definition) is 7. The molecular formula is C24H20N6OS2. The second-order valence-corrected chi connectivity index (χ2v) is 9.54. The Kier molecular flexibility index (Phi) is 5.89. The molecule has 0 aliphatic carbocycles. The summed E-state index contributed by atoms with van der Waals surface area (Å²) in [5.74, 6) is 0.0614. The molecule has 5 rings (SSSR count). The number of benzene rings is 2. The van der Waals surface area contributed by atoms with Gasteiger partial charge in [-0.05, 0) is 19.4 Å². The van der Waals surface area contributed by atoms with Crippen LogP contribution in [0, 0.1) is 13.8 Å². The fraction of sp³-hybridized carbons (Fsp3) is 0.125. The first-order chi connectivity index (χ1) is 16.1. The van der Waals surface area contributed by atoms with E-state index in [0.29, 0.717) is 15.8 Å². The minimum atomic E-state index is -0.144. The highest BCUT2D eigenvalue weighted by molar-refractivity contribution is 8.00. The van der Waals surface area contributed by atoms with Gasteiger partial charge < -0.3 is 5.32 Å². The maximum atomic E-state index is 12.7. The molecule has 9 heteroatoms. The van der Waals surface area contributed by atoms with Gasteiger partial charge in [0, 0.05) is 5.56 Å². The van der Waals surface area contributed by atoms with E-state index in [9.17, 15) is 4.79 Å². The van der Waals surface area contributed by atoms with Crippen molar-refractivity contribution in [1.82, 2.24) is 25.1 Å². The third-order valence-electron chi connectivity index (χ3n) is 5.06. The third kappa shape index (κ3) is 4.64. The highest BCUT2D eigenvalue weighted by Crippen LogP contribution is 2.39. The standard InChI is InChI=1S/C24H20N6OS2/c1-14-3-7-16(8-4-14)20-21(17-9-5-15(2)6-10-17)33-24(29-20)28-19(31)12-32-23-18-11-27-30-22(18)25-13-26-23/h3-11,13H,12H2,1-2H3,(H,28,29,31)(H,25,26,27,30). The molecule has 0 saturated carbocycles. The Morgan fingerprint density at radius 3 is 2.42 bits per heavy atom. The van der Waals surface area contributed by atoms with Crippen LogP contribution >= 0.6 is 23.1 Å². The van der Waals surface area contributed by atoms with Gasteiger partial charge in [-0.1, -0.05) is 82.8 Å². The van der Waals surface area contributed by atoms with Crippen molar-refractivity contribution in [2.24, 2.45) is 0 Å². The van der Waals surface area contributed by atoms with Gasteiger partial charge in [0.1, 0.15) is 11.4 Å². The summed E-state index contributed by atoms with van der Waals surface area (Å²) in [5.41, 5.74) is 5.99. The third-order valence-corrected chi connectivity index (χ3v) is 7.09. The number of nitrogens with one attached hydrogen (secondary N) is 2. The lowest BCUT2D eigenvalue weighted by Crippen LogP contribution is -2.14. The van der Waals surface area contributed by atoms with Gasteiger partial charge >= 0.3 is 0 Å². The van der Waals surface area contributed by atoms with Gasteiger partial charge in [0.25, 0.3) is 0 Å². The summed E-state index contributed by atoms with van der Waals surface area (Å²) in [6, 6.07) is 16.6. The van der Waals surface area contributed by atoms with Gasteiger partial charge in [-0.3, -0.25) is 9.89 Å². The lowest BCUT2D eigenvalue weighted by molar-refractivity contribution is -0.113. The van der Waals surface area contributed by atoms with E-state index in [1.807, 2.05) is 0 Å². The Balaban J connectivity index is 1.39. The lowest BCUT2D eigenvalue weighted by Gasteiger charge is -2.04. The number of fused-ring (bicyclic) bond motifs is 1. The van der Waals surface area contributed by atoms with Crippen LogP contribution in [0.25, 0.3) is 32.7 Å². The quantitative estimate of drug-likeness (QED) is 0.251. The van der Waals surface area contributed by atoms with Gasteiger partial charge in [0.05, 0.1) is 27.9 Å². The number of hydrogen-bond donors (Lipinski definition) is 2. The van der Waals surface area contributed by atoms with Crippen molar-refractivity contribution in [2.45, 2.75) is 18.9 Å². The number of anilines is 1. The van der Waals surface area contributed by atoms with Gasteiger partial charge in [-0.15, -0.1) is 0 Å². The average molecular weight is 473 g/mol. The molecule has 0 unspecified atom stereocenters. The van der Waals surface area contributed by atoms with E-state index < -0.39 is 0 Å². The first-order valence-corrected chi connectivity index (χ1v) is 12.1. The zero-order valence-corrected chi connectivity index (χ0v) is 19.6. The smallest absolute Gasteiger partial charge is 0.236 e. The molecule has 3 heterocycles. The minimum Gasteiger partial charge on any atom is -0.301 e. The first kappa shape index (κ1) is 21.3. The monoisotopic (exact) mass is 472 g/mol. The number of rotatable bonds is 6. The number of nitrogens with zero attached hydrogens (tertiary/aromatic N) is 4. The van der Waals surface area contributed by atoms with Gasteiger partial charge in [0.15, 0.2) is 10.8 Å². The van der Waals surface area contributed by atoms with Crippen LogP contribution in [0.2, 0.25) is 0 Å². The molecular weight excluding hydrogens is 452 g/mol. The Bertz CT molecular complexity index is 1360. The summed E-state index contributed by atoms with van der Waals surface area (Å²) in [5, 5.41) is 11.8. The van der Waals surface area contributed by atoms with Gasteiger partial charge in [-0.25, -0.2) is 15.0 Å². The molecule has 0 fully saturated rings. The molecule has 0 saturated heterocycles. The first-order valence-electron chi connectivity index (χ1n) is 10.3. The number of carbonyl (C=O) groups excluding carboxylic acids is 1. The van der Waals surface area contributed by atoms with Crippen LogP contribution in [0.15, 0.2) is 66.1 Å². The van der Waals surface area contributed by atoms with E-state index in [2.05, 4.69) is 87.9 Å². The fourth-order valence-corrected chi connectivity index (χ4v) is 5.10. The van der Waals surface area contributed by atoms with Crippen molar-refractivity contribution in [3.05, 3.63) is 72.2 Å². The molecule has 0 spiro atoms. The van der Waals surface area contributed by atoms with Crippen molar-refractivity contribution in [2.75, 3.05) is 11.1 Å². The van der Waals surface area contributed by atoms with Crippen LogP contribution in [-0.2, 0) is 4.79 Å². The molecule has 0 bridgehead atoms. The van der Waals surface area contributed by atoms with Crippen LogP contribution in [0.5, 0.6) is 0 Å². The normalized spacial score (nSPS) is 11.1. The fourth-order valence-electron chi connectivity index (χ4n) is 3.33. The van der Waals surface area contributed by atoms with E-state index in [0.717, 1.165) is 27.1 Å². The number of carbonyl (C=O) groups is 1. The number of amides is 1. The molecule has 164 valence electrons. The highest BCUT2D eigenvalue weighted by atomic mass is 32.2. The number of aromatic amines is 1. The Hall–Kier alpha value is -3.56. The van der Waals surface area contributed by atoms with Crippen LogP contribution in [-0.4, -0.2) is 36.8 Å². The molecule has 0 atom stereocenters. The molecule has 3 aromatic heterocycles. The topological polar surface area (TPSA) is 96.5 Å². The largest absolute Gasteiger partial charge is 0.301 e. The van der Waals surface area contributed by atoms with E-state index in [1.165, 1.54) is 40.6 Å². The van der Waals surface area contributed by atoms with E-state index in [1.54, 1.807) is 6.20 Å². The predicted molar refractivity (Wildman–Crippen MR) is 133 cm³/mol. The Labute approximate surface area is 198 Å². The van der Waals surface area contributed by atoms with Gasteiger partial charge in [0.2, 0.25) is 5.91 Å². The number of thioether (sulfide) groups is 1. The second-order valence-electron chi connectivity index (χ2n) is 7.58. The summed E-state index contributed by atoms with van der Waals surface area (Å²) in [6.45, 7) is 4.12. The van der Waals surface area contributed by atoms with Crippen molar-refractivity contribution < 1.29 is 4.79 Å². The highest BCUT2D eigenvalue weighted by Gasteiger charge is 2.17. The molecule has 0 radical (unpaired) electrons. The molecule has 7 nitrogen and oxygen atoms in total. The van der Waals surface area contributed by atoms with Crippen molar-refractivity contribution >= 4 is 45.2 Å². The van der Waals surface area contributed by atoms with Crippen LogP contribution in [0.3, 0.4) is 0 Å². The number of aryl methyl sites for hydroxylation is 2. The maximum Gasteiger partial charge on any atom is 0.236 e. The predicted octanol–water partition coefficient (Wildman–Crippen LogP) is 5.49. The van der Waals surface area contributed by atoms with Crippen LogP contribution in [0.1, 0.15) is 11.1 Å². The lowest BCUT2D eigenvalue weighted by atomic mass is 10.0. The summed E-state index contributed by atoms with van der Waals surface area (Å²) in [7, 11) is 0. The zero-order chi connectivity index (χ0) is 22.8. The van der Waals surface area contributed by atoms with E-state index in [4.69, 9.17) is 4.98 Å². The summed E-state index contributed by atoms with van der Waals surface area (Å²) in [6.07, 6.45) is 3.13. The molecule has 0 aliphatic rings.